The number of hydrogen-bond donors (Lipinski definition) is 1. The topological polar surface area (TPSA) is 50.2 Å². The Bertz CT molecular complexity index is 530. The fourth-order valence-electron chi connectivity index (χ4n) is 2.08. The molecular weight excluding hydrogens is 288 g/mol. The van der Waals surface area contributed by atoms with Gasteiger partial charge in [-0.25, -0.2) is 0 Å². The zero-order valence-corrected chi connectivity index (χ0v) is 13.1. The first-order chi connectivity index (χ1) is 9.74. The lowest BCUT2D eigenvalue weighted by molar-refractivity contribution is -0.132. The van der Waals surface area contributed by atoms with E-state index < -0.39 is 6.04 Å². The van der Waals surface area contributed by atoms with E-state index >= 15 is 0 Å². The first-order valence-electron chi connectivity index (χ1n) is 6.67. The van der Waals surface area contributed by atoms with Gasteiger partial charge in [-0.15, -0.1) is 12.4 Å². The highest BCUT2D eigenvalue weighted by Gasteiger charge is 2.25. The molecule has 2 aromatic rings. The fraction of sp³-hybridized carbons (Fsp3) is 0.333. The monoisotopic (exact) mass is 308 g/mol. The zero-order valence-electron chi connectivity index (χ0n) is 12.3. The molecule has 0 aliphatic rings. The van der Waals surface area contributed by atoms with Crippen LogP contribution in [-0.2, 0) is 4.79 Å². The minimum Gasteiger partial charge on any atom is -0.342 e. The van der Waals surface area contributed by atoms with Gasteiger partial charge in [-0.1, -0.05) is 30.3 Å². The summed E-state index contributed by atoms with van der Waals surface area (Å²) in [7, 11) is 3.69. The van der Waals surface area contributed by atoms with Crippen LogP contribution in [-0.4, -0.2) is 47.8 Å². The lowest BCUT2D eigenvalue weighted by Crippen LogP contribution is -2.38. The first kappa shape index (κ1) is 17.2. The average molecular weight is 309 g/mol. The molecule has 0 bridgehead atoms. The van der Waals surface area contributed by atoms with Crippen LogP contribution in [0.4, 0.5) is 0 Å². The Hall–Kier alpha value is -1.85. The van der Waals surface area contributed by atoms with Gasteiger partial charge in [-0.05, 0) is 18.7 Å². The highest BCUT2D eigenvalue weighted by molar-refractivity contribution is 5.85. The SMILES string of the molecule is CNCCN(C)C(=O)C(c1ccccc1)n1cccn1.Cl. The number of aromatic nitrogens is 2. The van der Waals surface area contributed by atoms with Crippen molar-refractivity contribution in [1.29, 1.82) is 0 Å². The largest absolute Gasteiger partial charge is 0.342 e. The van der Waals surface area contributed by atoms with Crippen LogP contribution in [0.3, 0.4) is 0 Å². The molecule has 0 spiro atoms. The van der Waals surface area contributed by atoms with Crippen molar-refractivity contribution in [2.45, 2.75) is 6.04 Å². The summed E-state index contributed by atoms with van der Waals surface area (Å²) in [6.45, 7) is 1.43. The molecule has 114 valence electrons. The smallest absolute Gasteiger partial charge is 0.251 e. The van der Waals surface area contributed by atoms with Gasteiger partial charge >= 0.3 is 0 Å². The number of benzene rings is 1. The van der Waals surface area contributed by atoms with Crippen LogP contribution in [0.1, 0.15) is 11.6 Å². The minimum absolute atomic E-state index is 0. The van der Waals surface area contributed by atoms with Gasteiger partial charge in [0.05, 0.1) is 0 Å². The molecule has 0 fully saturated rings. The van der Waals surface area contributed by atoms with E-state index in [9.17, 15) is 4.79 Å². The van der Waals surface area contributed by atoms with Crippen molar-refractivity contribution in [1.82, 2.24) is 20.0 Å². The predicted octanol–water partition coefficient (Wildman–Crippen LogP) is 1.57. The van der Waals surface area contributed by atoms with Gasteiger partial charge in [0.2, 0.25) is 0 Å². The Morgan fingerprint density at radius 2 is 2.05 bits per heavy atom. The van der Waals surface area contributed by atoms with Crippen LogP contribution in [0.15, 0.2) is 48.8 Å². The summed E-state index contributed by atoms with van der Waals surface area (Å²) in [5, 5.41) is 7.28. The summed E-state index contributed by atoms with van der Waals surface area (Å²) in [4.78, 5) is 14.4. The van der Waals surface area contributed by atoms with Crippen molar-refractivity contribution in [2.24, 2.45) is 0 Å². The van der Waals surface area contributed by atoms with E-state index in [1.165, 1.54) is 0 Å². The molecule has 1 heterocycles. The summed E-state index contributed by atoms with van der Waals surface area (Å²) in [6, 6.07) is 11.1. The Morgan fingerprint density at radius 3 is 2.62 bits per heavy atom. The number of halogens is 1. The number of carbonyl (C=O) groups is 1. The lowest BCUT2D eigenvalue weighted by Gasteiger charge is -2.24. The number of carbonyl (C=O) groups excluding carboxylic acids is 1. The summed E-state index contributed by atoms with van der Waals surface area (Å²) in [5.41, 5.74) is 0.942. The quantitative estimate of drug-likeness (QED) is 0.881. The second-order valence-electron chi connectivity index (χ2n) is 4.66. The molecule has 0 saturated heterocycles. The van der Waals surface area contributed by atoms with Crippen molar-refractivity contribution >= 4 is 18.3 Å². The number of nitrogens with one attached hydrogen (secondary N) is 1. The average Bonchev–Trinajstić information content (AvgIpc) is 3.00. The molecule has 1 amide bonds. The molecule has 1 N–H and O–H groups in total. The van der Waals surface area contributed by atoms with Crippen LogP contribution >= 0.6 is 12.4 Å². The molecule has 0 radical (unpaired) electrons. The van der Waals surface area contributed by atoms with E-state index in [2.05, 4.69) is 10.4 Å². The predicted molar refractivity (Wildman–Crippen MR) is 85.6 cm³/mol. The molecule has 1 aromatic carbocycles. The molecule has 1 unspecified atom stereocenters. The molecule has 0 aliphatic carbocycles. The van der Waals surface area contributed by atoms with Gasteiger partial charge in [-0.2, -0.15) is 5.10 Å². The van der Waals surface area contributed by atoms with Crippen LogP contribution in [0, 0.1) is 0 Å². The van der Waals surface area contributed by atoms with E-state index in [1.54, 1.807) is 15.8 Å². The van der Waals surface area contributed by atoms with Crippen LogP contribution in [0.5, 0.6) is 0 Å². The van der Waals surface area contributed by atoms with Gasteiger partial charge < -0.3 is 10.2 Å². The standard InChI is InChI=1S/C15H20N4O.ClH/c1-16-10-12-18(2)15(20)14(19-11-6-9-17-19)13-7-4-3-5-8-13;/h3-9,11,14,16H,10,12H2,1-2H3;1H. The van der Waals surface area contributed by atoms with E-state index in [-0.39, 0.29) is 18.3 Å². The summed E-state index contributed by atoms with van der Waals surface area (Å²) < 4.78 is 1.70. The Balaban J connectivity index is 0.00000220. The number of rotatable bonds is 6. The van der Waals surface area contributed by atoms with Crippen LogP contribution in [0.2, 0.25) is 0 Å². The van der Waals surface area contributed by atoms with Gasteiger partial charge in [-0.3, -0.25) is 9.48 Å². The lowest BCUT2D eigenvalue weighted by atomic mass is 10.1. The van der Waals surface area contributed by atoms with Gasteiger partial charge in [0.15, 0.2) is 6.04 Å². The molecule has 5 nitrogen and oxygen atoms in total. The number of nitrogens with zero attached hydrogens (tertiary/aromatic N) is 3. The van der Waals surface area contributed by atoms with E-state index in [0.717, 1.165) is 12.1 Å². The molecular formula is C15H21ClN4O. The minimum atomic E-state index is -0.409. The van der Waals surface area contributed by atoms with Gasteiger partial charge in [0, 0.05) is 32.5 Å². The Morgan fingerprint density at radius 1 is 1.33 bits per heavy atom. The van der Waals surface area contributed by atoms with Crippen molar-refractivity contribution in [3.8, 4) is 0 Å². The molecule has 6 heteroatoms. The van der Waals surface area contributed by atoms with Crippen LogP contribution < -0.4 is 5.32 Å². The summed E-state index contributed by atoms with van der Waals surface area (Å²) >= 11 is 0. The second-order valence-corrected chi connectivity index (χ2v) is 4.66. The van der Waals surface area contributed by atoms with E-state index in [1.807, 2.05) is 56.7 Å². The Labute approximate surface area is 131 Å². The van der Waals surface area contributed by atoms with Crippen molar-refractivity contribution in [3.05, 3.63) is 54.4 Å². The fourth-order valence-corrected chi connectivity index (χ4v) is 2.08. The molecule has 1 atom stereocenters. The maximum absolute atomic E-state index is 12.7. The Kier molecular flexibility index (Phi) is 6.91. The van der Waals surface area contributed by atoms with Crippen molar-refractivity contribution < 1.29 is 4.79 Å². The number of likely N-dealkylation sites (N-methyl/N-ethyl adjacent to an activating group) is 2. The van der Waals surface area contributed by atoms with Crippen molar-refractivity contribution in [2.75, 3.05) is 27.2 Å². The normalized spacial score (nSPS) is 11.5. The molecule has 2 rings (SSSR count). The van der Waals surface area contributed by atoms with Gasteiger partial charge in [0.1, 0.15) is 0 Å². The third-order valence-corrected chi connectivity index (χ3v) is 3.21. The van der Waals surface area contributed by atoms with Crippen molar-refractivity contribution in [3.63, 3.8) is 0 Å². The van der Waals surface area contributed by atoms with E-state index in [4.69, 9.17) is 0 Å². The van der Waals surface area contributed by atoms with Gasteiger partial charge in [0.25, 0.3) is 5.91 Å². The third kappa shape index (κ3) is 4.31. The third-order valence-electron chi connectivity index (χ3n) is 3.21. The highest BCUT2D eigenvalue weighted by atomic mass is 35.5. The maximum atomic E-state index is 12.7. The molecule has 0 saturated carbocycles. The second kappa shape index (κ2) is 8.44. The molecule has 21 heavy (non-hydrogen) atoms. The first-order valence-corrected chi connectivity index (χ1v) is 6.67. The van der Waals surface area contributed by atoms with Crippen LogP contribution in [0.25, 0.3) is 0 Å². The number of hydrogen-bond acceptors (Lipinski definition) is 3. The maximum Gasteiger partial charge on any atom is 0.251 e. The molecule has 0 aliphatic heterocycles. The zero-order chi connectivity index (χ0) is 14.4. The summed E-state index contributed by atoms with van der Waals surface area (Å²) in [5.74, 6) is 0.0372. The van der Waals surface area contributed by atoms with E-state index in [0.29, 0.717) is 6.54 Å². The highest BCUT2D eigenvalue weighted by Crippen LogP contribution is 2.19. The summed E-state index contributed by atoms with van der Waals surface area (Å²) in [6.07, 6.45) is 3.51. The number of amides is 1. The molecule has 1 aromatic heterocycles.